The van der Waals surface area contributed by atoms with E-state index in [0.717, 1.165) is 17.3 Å². The van der Waals surface area contributed by atoms with Crippen molar-refractivity contribution in [2.45, 2.75) is 46.6 Å². The van der Waals surface area contributed by atoms with E-state index in [2.05, 4.69) is 61.2 Å². The highest BCUT2D eigenvalue weighted by Crippen LogP contribution is 2.25. The van der Waals surface area contributed by atoms with Gasteiger partial charge in [-0.3, -0.25) is 0 Å². The quantitative estimate of drug-likeness (QED) is 0.895. The Morgan fingerprint density at radius 3 is 2.42 bits per heavy atom. The summed E-state index contributed by atoms with van der Waals surface area (Å²) < 4.78 is 0. The SMILES string of the molecule is Cc1cc(C(C)C)nc(NC(C)c2ccc(C)s2)n1. The third kappa shape index (κ3) is 3.53. The molecular weight excluding hydrogens is 254 g/mol. The monoisotopic (exact) mass is 275 g/mol. The third-order valence-electron chi connectivity index (χ3n) is 3.00. The van der Waals surface area contributed by atoms with Crippen LogP contribution in [0.3, 0.4) is 0 Å². The zero-order valence-electron chi connectivity index (χ0n) is 12.2. The van der Waals surface area contributed by atoms with Gasteiger partial charge in [-0.1, -0.05) is 13.8 Å². The van der Waals surface area contributed by atoms with Crippen molar-refractivity contribution in [1.82, 2.24) is 9.97 Å². The second kappa shape index (κ2) is 5.70. The first-order chi connectivity index (χ1) is 8.95. The highest BCUT2D eigenvalue weighted by Gasteiger charge is 2.11. The summed E-state index contributed by atoms with van der Waals surface area (Å²) in [7, 11) is 0. The number of nitrogens with one attached hydrogen (secondary N) is 1. The summed E-state index contributed by atoms with van der Waals surface area (Å²) in [4.78, 5) is 11.7. The summed E-state index contributed by atoms with van der Waals surface area (Å²) >= 11 is 1.81. The lowest BCUT2D eigenvalue weighted by molar-refractivity contribution is 0.797. The van der Waals surface area contributed by atoms with E-state index in [1.54, 1.807) is 0 Å². The van der Waals surface area contributed by atoms with Crippen LogP contribution in [-0.4, -0.2) is 9.97 Å². The Labute approximate surface area is 119 Å². The van der Waals surface area contributed by atoms with Crippen LogP contribution >= 0.6 is 11.3 Å². The van der Waals surface area contributed by atoms with Crippen LogP contribution in [-0.2, 0) is 0 Å². The van der Waals surface area contributed by atoms with Gasteiger partial charge in [0.15, 0.2) is 0 Å². The van der Waals surface area contributed by atoms with Gasteiger partial charge in [0.1, 0.15) is 0 Å². The van der Waals surface area contributed by atoms with Crippen molar-refractivity contribution < 1.29 is 0 Å². The van der Waals surface area contributed by atoms with Gasteiger partial charge in [-0.25, -0.2) is 9.97 Å². The summed E-state index contributed by atoms with van der Waals surface area (Å²) in [6, 6.07) is 6.60. The maximum atomic E-state index is 4.59. The Kier molecular flexibility index (Phi) is 4.20. The van der Waals surface area contributed by atoms with Crippen LogP contribution in [0.2, 0.25) is 0 Å². The fourth-order valence-corrected chi connectivity index (χ4v) is 2.78. The second-order valence-corrected chi connectivity index (χ2v) is 6.55. The van der Waals surface area contributed by atoms with Crippen molar-refractivity contribution in [1.29, 1.82) is 0 Å². The van der Waals surface area contributed by atoms with E-state index in [9.17, 15) is 0 Å². The van der Waals surface area contributed by atoms with E-state index in [1.807, 2.05) is 18.3 Å². The van der Waals surface area contributed by atoms with Crippen LogP contribution in [0.25, 0.3) is 0 Å². The molecule has 0 saturated heterocycles. The lowest BCUT2D eigenvalue weighted by atomic mass is 10.1. The summed E-state index contributed by atoms with van der Waals surface area (Å²) in [5.74, 6) is 1.14. The highest BCUT2D eigenvalue weighted by atomic mass is 32.1. The molecule has 2 rings (SSSR count). The van der Waals surface area contributed by atoms with Crippen LogP contribution in [0.4, 0.5) is 5.95 Å². The molecule has 2 aromatic heterocycles. The molecule has 0 radical (unpaired) electrons. The number of hydrogen-bond donors (Lipinski definition) is 1. The average molecular weight is 275 g/mol. The van der Waals surface area contributed by atoms with Crippen molar-refractivity contribution in [3.05, 3.63) is 39.3 Å². The Balaban J connectivity index is 2.18. The Morgan fingerprint density at radius 2 is 1.84 bits per heavy atom. The van der Waals surface area contributed by atoms with Crippen molar-refractivity contribution >= 4 is 17.3 Å². The largest absolute Gasteiger partial charge is 0.347 e. The summed E-state index contributed by atoms with van der Waals surface area (Å²) in [6.45, 7) is 10.6. The van der Waals surface area contributed by atoms with Gasteiger partial charge < -0.3 is 5.32 Å². The number of thiophene rings is 1. The molecule has 0 aromatic carbocycles. The fraction of sp³-hybridized carbons (Fsp3) is 0.467. The molecule has 1 N–H and O–H groups in total. The van der Waals surface area contributed by atoms with Gasteiger partial charge in [-0.05, 0) is 44.9 Å². The molecule has 0 aliphatic heterocycles. The lowest BCUT2D eigenvalue weighted by Gasteiger charge is -2.14. The highest BCUT2D eigenvalue weighted by molar-refractivity contribution is 7.12. The first-order valence-corrected chi connectivity index (χ1v) is 7.46. The van der Waals surface area contributed by atoms with Gasteiger partial charge in [0, 0.05) is 21.1 Å². The zero-order chi connectivity index (χ0) is 14.0. The standard InChI is InChI=1S/C15H21N3S/c1-9(2)13-8-10(3)16-15(18-13)17-12(5)14-7-6-11(4)19-14/h6-9,12H,1-5H3,(H,16,17,18). The van der Waals surface area contributed by atoms with E-state index in [0.29, 0.717) is 5.92 Å². The van der Waals surface area contributed by atoms with Crippen molar-refractivity contribution in [2.75, 3.05) is 5.32 Å². The molecule has 102 valence electrons. The minimum atomic E-state index is 0.237. The van der Waals surface area contributed by atoms with E-state index in [-0.39, 0.29) is 6.04 Å². The van der Waals surface area contributed by atoms with Crippen LogP contribution in [0.5, 0.6) is 0 Å². The third-order valence-corrected chi connectivity index (χ3v) is 4.18. The van der Waals surface area contributed by atoms with Gasteiger partial charge in [0.05, 0.1) is 6.04 Å². The minimum Gasteiger partial charge on any atom is -0.347 e. The summed E-state index contributed by atoms with van der Waals surface area (Å²) in [6.07, 6.45) is 0. The van der Waals surface area contributed by atoms with Crippen molar-refractivity contribution in [3.63, 3.8) is 0 Å². The molecule has 0 bridgehead atoms. The lowest BCUT2D eigenvalue weighted by Crippen LogP contribution is -2.10. The Bertz CT molecular complexity index is 560. The van der Waals surface area contributed by atoms with Crippen LogP contribution in [0.1, 0.15) is 53.9 Å². The molecule has 2 heterocycles. The number of anilines is 1. The van der Waals surface area contributed by atoms with Crippen LogP contribution in [0.15, 0.2) is 18.2 Å². The zero-order valence-corrected chi connectivity index (χ0v) is 13.0. The molecular formula is C15H21N3S. The van der Waals surface area contributed by atoms with E-state index >= 15 is 0 Å². The predicted octanol–water partition coefficient (Wildman–Crippen LogP) is 4.45. The Morgan fingerprint density at radius 1 is 1.11 bits per heavy atom. The van der Waals surface area contributed by atoms with Crippen LogP contribution < -0.4 is 5.32 Å². The van der Waals surface area contributed by atoms with Gasteiger partial charge >= 0.3 is 0 Å². The molecule has 1 atom stereocenters. The number of aryl methyl sites for hydroxylation is 2. The van der Waals surface area contributed by atoms with Gasteiger partial charge in [-0.15, -0.1) is 11.3 Å². The molecule has 1 unspecified atom stereocenters. The van der Waals surface area contributed by atoms with E-state index in [1.165, 1.54) is 9.75 Å². The second-order valence-electron chi connectivity index (χ2n) is 5.23. The Hall–Kier alpha value is -1.42. The minimum absolute atomic E-state index is 0.237. The molecule has 0 aliphatic carbocycles. The molecule has 0 fully saturated rings. The fourth-order valence-electron chi connectivity index (χ4n) is 1.90. The number of nitrogens with zero attached hydrogens (tertiary/aromatic N) is 2. The predicted molar refractivity (Wildman–Crippen MR) is 82.0 cm³/mol. The molecule has 2 aromatic rings. The molecule has 0 aliphatic rings. The molecule has 0 amide bonds. The van der Waals surface area contributed by atoms with Crippen molar-refractivity contribution in [2.24, 2.45) is 0 Å². The molecule has 3 nitrogen and oxygen atoms in total. The van der Waals surface area contributed by atoms with Crippen molar-refractivity contribution in [3.8, 4) is 0 Å². The maximum Gasteiger partial charge on any atom is 0.223 e. The molecule has 19 heavy (non-hydrogen) atoms. The number of rotatable bonds is 4. The van der Waals surface area contributed by atoms with E-state index < -0.39 is 0 Å². The van der Waals surface area contributed by atoms with Gasteiger partial charge in [-0.2, -0.15) is 0 Å². The maximum absolute atomic E-state index is 4.59. The molecule has 0 spiro atoms. The molecule has 0 saturated carbocycles. The summed E-state index contributed by atoms with van der Waals surface area (Å²) in [5, 5.41) is 3.40. The van der Waals surface area contributed by atoms with Gasteiger partial charge in [0.2, 0.25) is 5.95 Å². The normalized spacial score (nSPS) is 12.7. The van der Waals surface area contributed by atoms with Crippen LogP contribution in [0, 0.1) is 13.8 Å². The smallest absolute Gasteiger partial charge is 0.223 e. The number of aromatic nitrogens is 2. The number of hydrogen-bond acceptors (Lipinski definition) is 4. The average Bonchev–Trinajstić information content (AvgIpc) is 2.75. The summed E-state index contributed by atoms with van der Waals surface area (Å²) in [5.41, 5.74) is 2.10. The first kappa shape index (κ1) is 14.0. The van der Waals surface area contributed by atoms with Gasteiger partial charge in [0.25, 0.3) is 0 Å². The topological polar surface area (TPSA) is 37.8 Å². The van der Waals surface area contributed by atoms with E-state index in [4.69, 9.17) is 0 Å². The molecule has 4 heteroatoms. The first-order valence-electron chi connectivity index (χ1n) is 6.64.